The van der Waals surface area contributed by atoms with Crippen LogP contribution in [-0.4, -0.2) is 43.0 Å². The molecule has 0 aromatic carbocycles. The fourth-order valence-electron chi connectivity index (χ4n) is 1.79. The maximum absolute atomic E-state index is 11.7. The first-order valence-corrected chi connectivity index (χ1v) is 7.21. The summed E-state index contributed by atoms with van der Waals surface area (Å²) in [5.74, 6) is -2.73. The van der Waals surface area contributed by atoms with Gasteiger partial charge in [-0.3, -0.25) is 19.2 Å². The van der Waals surface area contributed by atoms with Crippen molar-refractivity contribution in [1.29, 1.82) is 0 Å². The van der Waals surface area contributed by atoms with Crippen LogP contribution in [-0.2, 0) is 28.7 Å². The van der Waals surface area contributed by atoms with E-state index in [0.29, 0.717) is 0 Å². The third-order valence-electron chi connectivity index (χ3n) is 2.85. The summed E-state index contributed by atoms with van der Waals surface area (Å²) in [6.45, 7) is 5.42. The molecule has 22 heavy (non-hydrogen) atoms. The number of rotatable bonds is 10. The van der Waals surface area contributed by atoms with Gasteiger partial charge in [0, 0.05) is 6.42 Å². The summed E-state index contributed by atoms with van der Waals surface area (Å²) >= 11 is 0. The molecule has 0 bridgehead atoms. The lowest BCUT2D eigenvalue weighted by Gasteiger charge is -2.21. The first-order valence-electron chi connectivity index (χ1n) is 7.21. The molecule has 8 heteroatoms. The summed E-state index contributed by atoms with van der Waals surface area (Å²) in [6, 6.07) is -1.00. The highest BCUT2D eigenvalue weighted by molar-refractivity contribution is 5.88. The second-order valence-corrected chi connectivity index (χ2v) is 4.74. The molecule has 2 atom stereocenters. The van der Waals surface area contributed by atoms with Gasteiger partial charge < -0.3 is 20.5 Å². The van der Waals surface area contributed by atoms with Crippen LogP contribution in [0.3, 0.4) is 0 Å². The molecule has 0 aliphatic carbocycles. The van der Waals surface area contributed by atoms with Gasteiger partial charge in [0.15, 0.2) is 0 Å². The molecule has 0 saturated heterocycles. The van der Waals surface area contributed by atoms with Crippen LogP contribution < -0.4 is 11.1 Å². The van der Waals surface area contributed by atoms with Crippen LogP contribution in [0.2, 0.25) is 0 Å². The third-order valence-corrected chi connectivity index (χ3v) is 2.85. The Morgan fingerprint density at radius 1 is 1.00 bits per heavy atom. The second-order valence-electron chi connectivity index (χ2n) is 4.74. The summed E-state index contributed by atoms with van der Waals surface area (Å²) < 4.78 is 9.49. The van der Waals surface area contributed by atoms with Gasteiger partial charge in [0.05, 0.1) is 26.1 Å². The lowest BCUT2D eigenvalue weighted by atomic mass is 9.97. The maximum Gasteiger partial charge on any atom is 0.306 e. The molecule has 0 aliphatic heterocycles. The van der Waals surface area contributed by atoms with Crippen LogP contribution in [0.4, 0.5) is 0 Å². The molecule has 2 amide bonds. The van der Waals surface area contributed by atoms with Crippen molar-refractivity contribution in [2.24, 2.45) is 11.7 Å². The summed E-state index contributed by atoms with van der Waals surface area (Å²) in [4.78, 5) is 45.7. The van der Waals surface area contributed by atoms with E-state index >= 15 is 0 Å². The Morgan fingerprint density at radius 3 is 2.05 bits per heavy atom. The highest BCUT2D eigenvalue weighted by atomic mass is 16.5. The van der Waals surface area contributed by atoms with E-state index in [9.17, 15) is 19.2 Å². The van der Waals surface area contributed by atoms with Crippen molar-refractivity contribution in [3.05, 3.63) is 0 Å². The van der Waals surface area contributed by atoms with Crippen molar-refractivity contribution in [2.45, 2.75) is 46.1 Å². The molecule has 0 aliphatic rings. The molecule has 0 saturated carbocycles. The molecule has 0 rings (SSSR count). The monoisotopic (exact) mass is 316 g/mol. The Labute approximate surface area is 129 Å². The number of esters is 2. The van der Waals surface area contributed by atoms with Gasteiger partial charge in [-0.25, -0.2) is 0 Å². The van der Waals surface area contributed by atoms with Gasteiger partial charge in [0.2, 0.25) is 11.8 Å². The number of nitrogens with one attached hydrogen (secondary N) is 1. The molecular weight excluding hydrogens is 292 g/mol. The van der Waals surface area contributed by atoms with Crippen molar-refractivity contribution >= 4 is 23.8 Å². The van der Waals surface area contributed by atoms with Crippen molar-refractivity contribution in [2.75, 3.05) is 13.2 Å². The van der Waals surface area contributed by atoms with Gasteiger partial charge in [-0.2, -0.15) is 0 Å². The SMILES string of the molecule is CCOC(=O)CCC(=O)N[C@@H](C(N)=O)[C@@H](C)CC(=O)OCC. The highest BCUT2D eigenvalue weighted by Gasteiger charge is 2.27. The molecule has 3 N–H and O–H groups in total. The van der Waals surface area contributed by atoms with E-state index in [0.717, 1.165) is 0 Å². The van der Waals surface area contributed by atoms with Gasteiger partial charge >= 0.3 is 11.9 Å². The van der Waals surface area contributed by atoms with E-state index in [1.165, 1.54) is 0 Å². The molecule has 126 valence electrons. The number of hydrogen-bond acceptors (Lipinski definition) is 6. The predicted molar refractivity (Wildman–Crippen MR) is 77.4 cm³/mol. The Kier molecular flexibility index (Phi) is 9.56. The summed E-state index contributed by atoms with van der Waals surface area (Å²) in [7, 11) is 0. The van der Waals surface area contributed by atoms with Gasteiger partial charge in [0.1, 0.15) is 6.04 Å². The molecule has 8 nitrogen and oxygen atoms in total. The average molecular weight is 316 g/mol. The number of primary amides is 1. The van der Waals surface area contributed by atoms with Crippen molar-refractivity contribution < 1.29 is 28.7 Å². The molecule has 0 unspecified atom stereocenters. The Morgan fingerprint density at radius 2 is 1.55 bits per heavy atom. The minimum absolute atomic E-state index is 0.0421. The molecule has 0 fully saturated rings. The second kappa shape index (κ2) is 10.6. The quantitative estimate of drug-likeness (QED) is 0.542. The van der Waals surface area contributed by atoms with Crippen LogP contribution in [0, 0.1) is 5.92 Å². The zero-order chi connectivity index (χ0) is 17.1. The van der Waals surface area contributed by atoms with E-state index in [2.05, 4.69) is 5.32 Å². The van der Waals surface area contributed by atoms with Gasteiger partial charge in [-0.1, -0.05) is 6.92 Å². The van der Waals surface area contributed by atoms with Crippen molar-refractivity contribution in [3.8, 4) is 0 Å². The number of carbonyl (C=O) groups excluding carboxylic acids is 4. The third kappa shape index (κ3) is 8.23. The van der Waals surface area contributed by atoms with Crippen LogP contribution in [0.1, 0.15) is 40.0 Å². The zero-order valence-electron chi connectivity index (χ0n) is 13.2. The summed E-state index contributed by atoms with van der Waals surface area (Å²) in [6.07, 6.45) is -0.244. The molecular formula is C14H24N2O6. The van der Waals surface area contributed by atoms with Gasteiger partial charge in [-0.05, 0) is 19.8 Å². The molecule has 0 spiro atoms. The fourth-order valence-corrected chi connectivity index (χ4v) is 1.79. The minimum Gasteiger partial charge on any atom is -0.466 e. The van der Waals surface area contributed by atoms with Crippen LogP contribution >= 0.6 is 0 Å². The van der Waals surface area contributed by atoms with Crippen molar-refractivity contribution in [1.82, 2.24) is 5.32 Å². The van der Waals surface area contributed by atoms with E-state index < -0.39 is 35.7 Å². The van der Waals surface area contributed by atoms with Gasteiger partial charge in [-0.15, -0.1) is 0 Å². The number of hydrogen-bond donors (Lipinski definition) is 2. The Hall–Kier alpha value is -2.12. The topological polar surface area (TPSA) is 125 Å². The smallest absolute Gasteiger partial charge is 0.306 e. The first-order chi connectivity index (χ1) is 10.3. The fraction of sp³-hybridized carbons (Fsp3) is 0.714. The van der Waals surface area contributed by atoms with E-state index in [1.807, 2.05) is 0 Å². The predicted octanol–water partition coefficient (Wildman–Crippen LogP) is -0.111. The van der Waals surface area contributed by atoms with Crippen LogP contribution in [0.25, 0.3) is 0 Å². The zero-order valence-corrected chi connectivity index (χ0v) is 13.2. The lowest BCUT2D eigenvalue weighted by Crippen LogP contribution is -2.49. The van der Waals surface area contributed by atoms with E-state index in [4.69, 9.17) is 15.2 Å². The molecule has 0 aromatic heterocycles. The number of carbonyl (C=O) groups is 4. The minimum atomic E-state index is -1.00. The first kappa shape index (κ1) is 19.9. The number of amides is 2. The maximum atomic E-state index is 11.7. The average Bonchev–Trinajstić information content (AvgIpc) is 2.42. The lowest BCUT2D eigenvalue weighted by molar-refractivity contribution is -0.144. The normalized spacial score (nSPS) is 12.9. The molecule has 0 radical (unpaired) electrons. The summed E-state index contributed by atoms with van der Waals surface area (Å²) in [5.41, 5.74) is 5.24. The largest absolute Gasteiger partial charge is 0.466 e. The number of ether oxygens (including phenoxy) is 2. The Bertz CT molecular complexity index is 410. The van der Waals surface area contributed by atoms with Crippen LogP contribution in [0.15, 0.2) is 0 Å². The van der Waals surface area contributed by atoms with Crippen LogP contribution in [0.5, 0.6) is 0 Å². The molecule has 0 aromatic rings. The summed E-state index contributed by atoms with van der Waals surface area (Å²) in [5, 5.41) is 2.43. The Balaban J connectivity index is 4.44. The molecule has 0 heterocycles. The van der Waals surface area contributed by atoms with Gasteiger partial charge in [0.25, 0.3) is 0 Å². The van der Waals surface area contributed by atoms with E-state index in [-0.39, 0.29) is 32.5 Å². The van der Waals surface area contributed by atoms with E-state index in [1.54, 1.807) is 20.8 Å². The van der Waals surface area contributed by atoms with Crippen molar-refractivity contribution in [3.63, 3.8) is 0 Å². The number of nitrogens with two attached hydrogens (primary N) is 1. The highest BCUT2D eigenvalue weighted by Crippen LogP contribution is 2.10. The standard InChI is InChI=1S/C14H24N2O6/c1-4-21-11(18)7-6-10(17)16-13(14(15)20)9(3)8-12(19)22-5-2/h9,13H,4-8H2,1-3H3,(H2,15,20)(H,16,17)/t9-,13+/m0/s1.